The summed E-state index contributed by atoms with van der Waals surface area (Å²) in [6.45, 7) is 2.17. The van der Waals surface area contributed by atoms with Crippen LogP contribution in [0.15, 0.2) is 60.0 Å². The van der Waals surface area contributed by atoms with Gasteiger partial charge in [0.2, 0.25) is 0 Å². The lowest BCUT2D eigenvalue weighted by Crippen LogP contribution is -1.88. The Kier molecular flexibility index (Phi) is 3.57. The zero-order valence-corrected chi connectivity index (χ0v) is 12.4. The molecule has 0 amide bonds. The summed E-state index contributed by atoms with van der Waals surface area (Å²) in [6, 6.07) is 19.0. The molecule has 3 rings (SSSR count). The largest absolute Gasteiger partial charge is 0.497 e. The molecule has 0 saturated carbocycles. The van der Waals surface area contributed by atoms with Crippen LogP contribution in [0.25, 0.3) is 21.6 Å². The Morgan fingerprint density at radius 2 is 1.70 bits per heavy atom. The Labute approximate surface area is 123 Å². The molecule has 20 heavy (non-hydrogen) atoms. The summed E-state index contributed by atoms with van der Waals surface area (Å²) in [4.78, 5) is 1.31. The molecule has 100 valence electrons. The molecule has 0 aliphatic carbocycles. The second kappa shape index (κ2) is 5.51. The number of ether oxygens (including phenoxy) is 1. The SMILES string of the molecule is COc1ccc(-c2cccc(C)c2-c2cccs2)cc1. The zero-order valence-electron chi connectivity index (χ0n) is 11.6. The molecular weight excluding hydrogens is 264 g/mol. The number of benzene rings is 2. The first kappa shape index (κ1) is 12.9. The summed E-state index contributed by atoms with van der Waals surface area (Å²) >= 11 is 1.78. The van der Waals surface area contributed by atoms with Crippen molar-refractivity contribution in [1.29, 1.82) is 0 Å². The van der Waals surface area contributed by atoms with Gasteiger partial charge in [0.25, 0.3) is 0 Å². The minimum atomic E-state index is 0.888. The van der Waals surface area contributed by atoms with Crippen LogP contribution in [0, 0.1) is 6.92 Å². The van der Waals surface area contributed by atoms with Gasteiger partial charge < -0.3 is 4.74 Å². The number of methoxy groups -OCH3 is 1. The fourth-order valence-corrected chi connectivity index (χ4v) is 3.28. The lowest BCUT2D eigenvalue weighted by atomic mass is 9.95. The van der Waals surface area contributed by atoms with E-state index in [0.717, 1.165) is 5.75 Å². The minimum Gasteiger partial charge on any atom is -0.497 e. The summed E-state index contributed by atoms with van der Waals surface area (Å²) in [7, 11) is 1.69. The fourth-order valence-electron chi connectivity index (χ4n) is 2.43. The average molecular weight is 280 g/mol. The zero-order chi connectivity index (χ0) is 13.9. The molecule has 3 aromatic rings. The number of rotatable bonds is 3. The van der Waals surface area contributed by atoms with Gasteiger partial charge in [-0.15, -0.1) is 11.3 Å². The summed E-state index contributed by atoms with van der Waals surface area (Å²) in [5, 5.41) is 2.12. The molecule has 0 fully saturated rings. The lowest BCUT2D eigenvalue weighted by molar-refractivity contribution is 0.415. The van der Waals surface area contributed by atoms with Gasteiger partial charge in [-0.2, -0.15) is 0 Å². The van der Waals surface area contributed by atoms with Crippen molar-refractivity contribution in [2.45, 2.75) is 6.92 Å². The van der Waals surface area contributed by atoms with Crippen LogP contribution in [0.3, 0.4) is 0 Å². The third-order valence-corrected chi connectivity index (χ3v) is 4.33. The van der Waals surface area contributed by atoms with E-state index in [4.69, 9.17) is 4.74 Å². The highest BCUT2D eigenvalue weighted by Crippen LogP contribution is 2.37. The highest BCUT2D eigenvalue weighted by atomic mass is 32.1. The predicted octanol–water partition coefficient (Wildman–Crippen LogP) is 5.40. The molecule has 0 radical (unpaired) electrons. The minimum absolute atomic E-state index is 0.888. The normalized spacial score (nSPS) is 10.5. The van der Waals surface area contributed by atoms with Gasteiger partial charge in [-0.3, -0.25) is 0 Å². The first-order valence-corrected chi connectivity index (χ1v) is 7.45. The van der Waals surface area contributed by atoms with E-state index in [2.05, 4.69) is 54.8 Å². The van der Waals surface area contributed by atoms with E-state index in [9.17, 15) is 0 Å². The van der Waals surface area contributed by atoms with Crippen molar-refractivity contribution in [3.8, 4) is 27.3 Å². The van der Waals surface area contributed by atoms with Gasteiger partial charge in [0.1, 0.15) is 5.75 Å². The van der Waals surface area contributed by atoms with Crippen LogP contribution in [0.5, 0.6) is 5.75 Å². The van der Waals surface area contributed by atoms with Crippen molar-refractivity contribution >= 4 is 11.3 Å². The Hall–Kier alpha value is -2.06. The van der Waals surface area contributed by atoms with Crippen LogP contribution < -0.4 is 4.74 Å². The number of aryl methyl sites for hydroxylation is 1. The number of hydrogen-bond acceptors (Lipinski definition) is 2. The van der Waals surface area contributed by atoms with E-state index in [1.54, 1.807) is 18.4 Å². The van der Waals surface area contributed by atoms with Gasteiger partial charge in [0, 0.05) is 10.4 Å². The predicted molar refractivity (Wildman–Crippen MR) is 86.5 cm³/mol. The maximum atomic E-state index is 5.23. The smallest absolute Gasteiger partial charge is 0.118 e. The van der Waals surface area contributed by atoms with Gasteiger partial charge in [-0.25, -0.2) is 0 Å². The number of hydrogen-bond donors (Lipinski definition) is 0. The van der Waals surface area contributed by atoms with E-state index >= 15 is 0 Å². The van der Waals surface area contributed by atoms with E-state index in [-0.39, 0.29) is 0 Å². The topological polar surface area (TPSA) is 9.23 Å². The Morgan fingerprint density at radius 3 is 2.35 bits per heavy atom. The highest BCUT2D eigenvalue weighted by molar-refractivity contribution is 7.13. The van der Waals surface area contributed by atoms with Gasteiger partial charge in [0.15, 0.2) is 0 Å². The summed E-state index contributed by atoms with van der Waals surface area (Å²) in [5.74, 6) is 0.888. The van der Waals surface area contributed by atoms with Crippen LogP contribution in [-0.4, -0.2) is 7.11 Å². The first-order chi connectivity index (χ1) is 9.79. The third kappa shape index (κ3) is 2.35. The van der Waals surface area contributed by atoms with Crippen LogP contribution in [0.4, 0.5) is 0 Å². The Balaban J connectivity index is 2.16. The molecule has 0 unspecified atom stereocenters. The molecule has 0 bridgehead atoms. The molecule has 0 N–H and O–H groups in total. The fraction of sp³-hybridized carbons (Fsp3) is 0.111. The second-order valence-electron chi connectivity index (χ2n) is 4.70. The standard InChI is InChI=1S/C18H16OS/c1-13-5-3-6-16(18(13)17-7-4-12-20-17)14-8-10-15(19-2)11-9-14/h3-12H,1-2H3. The maximum Gasteiger partial charge on any atom is 0.118 e. The molecule has 1 heterocycles. The monoisotopic (exact) mass is 280 g/mol. The van der Waals surface area contributed by atoms with Crippen LogP contribution >= 0.6 is 11.3 Å². The van der Waals surface area contributed by atoms with Gasteiger partial charge in [-0.05, 0) is 47.2 Å². The maximum absolute atomic E-state index is 5.23. The second-order valence-corrected chi connectivity index (χ2v) is 5.65. The van der Waals surface area contributed by atoms with Crippen LogP contribution in [0.1, 0.15) is 5.56 Å². The van der Waals surface area contributed by atoms with Crippen LogP contribution in [-0.2, 0) is 0 Å². The molecule has 1 aromatic heterocycles. The Morgan fingerprint density at radius 1 is 0.900 bits per heavy atom. The molecule has 2 aromatic carbocycles. The van der Waals surface area contributed by atoms with Gasteiger partial charge in [0.05, 0.1) is 7.11 Å². The van der Waals surface area contributed by atoms with Crippen molar-refractivity contribution in [3.05, 3.63) is 65.5 Å². The molecular formula is C18H16OS. The molecule has 0 saturated heterocycles. The third-order valence-electron chi connectivity index (χ3n) is 3.44. The average Bonchev–Trinajstić information content (AvgIpc) is 3.01. The first-order valence-electron chi connectivity index (χ1n) is 6.57. The van der Waals surface area contributed by atoms with E-state index < -0.39 is 0 Å². The van der Waals surface area contributed by atoms with Crippen molar-refractivity contribution in [2.24, 2.45) is 0 Å². The quantitative estimate of drug-likeness (QED) is 0.624. The van der Waals surface area contributed by atoms with E-state index in [1.165, 1.54) is 27.1 Å². The Bertz CT molecular complexity index is 697. The molecule has 0 aliphatic rings. The van der Waals surface area contributed by atoms with Crippen molar-refractivity contribution < 1.29 is 4.74 Å². The summed E-state index contributed by atoms with van der Waals surface area (Å²) in [5.41, 5.74) is 5.13. The highest BCUT2D eigenvalue weighted by Gasteiger charge is 2.10. The summed E-state index contributed by atoms with van der Waals surface area (Å²) < 4.78 is 5.23. The molecule has 0 aliphatic heterocycles. The van der Waals surface area contributed by atoms with Crippen molar-refractivity contribution in [3.63, 3.8) is 0 Å². The van der Waals surface area contributed by atoms with Gasteiger partial charge in [-0.1, -0.05) is 36.4 Å². The number of thiophene rings is 1. The van der Waals surface area contributed by atoms with Crippen molar-refractivity contribution in [1.82, 2.24) is 0 Å². The van der Waals surface area contributed by atoms with Crippen molar-refractivity contribution in [2.75, 3.05) is 7.11 Å². The lowest BCUT2D eigenvalue weighted by Gasteiger charge is -2.12. The molecule has 0 spiro atoms. The van der Waals surface area contributed by atoms with E-state index in [0.29, 0.717) is 0 Å². The molecule has 0 atom stereocenters. The summed E-state index contributed by atoms with van der Waals surface area (Å²) in [6.07, 6.45) is 0. The molecule has 1 nitrogen and oxygen atoms in total. The van der Waals surface area contributed by atoms with Gasteiger partial charge >= 0.3 is 0 Å². The van der Waals surface area contributed by atoms with E-state index in [1.807, 2.05) is 12.1 Å². The van der Waals surface area contributed by atoms with Crippen LogP contribution in [0.2, 0.25) is 0 Å². The molecule has 2 heteroatoms.